The zero-order valence-corrected chi connectivity index (χ0v) is 10.2. The Balaban J connectivity index is 2.97. The van der Waals surface area contributed by atoms with Gasteiger partial charge in [0.05, 0.1) is 4.92 Å². The van der Waals surface area contributed by atoms with E-state index in [0.717, 1.165) is 0 Å². The number of rotatable bonds is 6. The van der Waals surface area contributed by atoms with Crippen LogP contribution in [-0.2, 0) is 0 Å². The van der Waals surface area contributed by atoms with E-state index >= 15 is 0 Å². The van der Waals surface area contributed by atoms with Gasteiger partial charge in [0.15, 0.2) is 5.75 Å². The molecule has 0 spiro atoms. The minimum absolute atomic E-state index is 0.155. The number of amides is 1. The van der Waals surface area contributed by atoms with Crippen molar-refractivity contribution in [3.63, 3.8) is 0 Å². The molecule has 0 saturated carbocycles. The number of hydrogen-bond acceptors (Lipinski definition) is 5. The summed E-state index contributed by atoms with van der Waals surface area (Å²) in [4.78, 5) is 21.7. The molecule has 0 bridgehead atoms. The van der Waals surface area contributed by atoms with Crippen LogP contribution in [0.3, 0.4) is 0 Å². The lowest BCUT2D eigenvalue weighted by molar-refractivity contribution is -0.385. The van der Waals surface area contributed by atoms with Gasteiger partial charge in [-0.3, -0.25) is 14.9 Å². The summed E-state index contributed by atoms with van der Waals surface area (Å²) in [5.74, 6) is -0.220. The highest BCUT2D eigenvalue weighted by atomic mass is 16.6. The molecule has 7 nitrogen and oxygen atoms in total. The van der Waals surface area contributed by atoms with Gasteiger partial charge in [0.2, 0.25) is 0 Å². The van der Waals surface area contributed by atoms with E-state index in [1.54, 1.807) is 7.05 Å². The van der Waals surface area contributed by atoms with Crippen molar-refractivity contribution in [3.05, 3.63) is 33.9 Å². The van der Waals surface area contributed by atoms with E-state index in [1.807, 2.05) is 0 Å². The topological polar surface area (TPSA) is 93.5 Å². The van der Waals surface area contributed by atoms with Crippen molar-refractivity contribution in [2.75, 3.05) is 27.2 Å². The van der Waals surface area contributed by atoms with Crippen molar-refractivity contribution in [1.29, 1.82) is 0 Å². The Morgan fingerprint density at radius 2 is 2.17 bits per heavy atom. The average Bonchev–Trinajstić information content (AvgIpc) is 2.38. The van der Waals surface area contributed by atoms with Gasteiger partial charge in [0.1, 0.15) is 6.61 Å². The number of nitro groups is 1. The minimum atomic E-state index is -0.568. The van der Waals surface area contributed by atoms with Crippen LogP contribution in [0.4, 0.5) is 5.69 Å². The van der Waals surface area contributed by atoms with Crippen molar-refractivity contribution in [2.24, 2.45) is 0 Å². The normalized spacial score (nSPS) is 9.89. The summed E-state index contributed by atoms with van der Waals surface area (Å²) in [6.07, 6.45) is 0. The Kier molecular flexibility index (Phi) is 5.06. The predicted molar refractivity (Wildman–Crippen MR) is 65.9 cm³/mol. The minimum Gasteiger partial charge on any atom is -0.485 e. The molecule has 0 aliphatic heterocycles. The highest BCUT2D eigenvalue weighted by Crippen LogP contribution is 2.27. The monoisotopic (exact) mass is 253 g/mol. The highest BCUT2D eigenvalue weighted by Gasteiger charge is 2.18. The van der Waals surface area contributed by atoms with Gasteiger partial charge in [-0.05, 0) is 19.2 Å². The molecule has 0 saturated heterocycles. The third-order valence-corrected chi connectivity index (χ3v) is 2.25. The zero-order valence-electron chi connectivity index (χ0n) is 10.2. The van der Waals surface area contributed by atoms with Gasteiger partial charge in [0.25, 0.3) is 5.91 Å². The first-order valence-corrected chi connectivity index (χ1v) is 5.38. The second kappa shape index (κ2) is 6.55. The van der Waals surface area contributed by atoms with E-state index < -0.39 is 4.92 Å². The van der Waals surface area contributed by atoms with Crippen LogP contribution in [0.5, 0.6) is 5.75 Å². The molecular formula is C11H15N3O4. The number of carbonyl (C=O) groups excluding carboxylic acids is 1. The lowest BCUT2D eigenvalue weighted by Crippen LogP contribution is -2.18. The summed E-state index contributed by atoms with van der Waals surface area (Å²) in [7, 11) is 3.22. The van der Waals surface area contributed by atoms with Crippen molar-refractivity contribution < 1.29 is 14.5 Å². The lowest BCUT2D eigenvalue weighted by atomic mass is 10.2. The zero-order chi connectivity index (χ0) is 13.5. The average molecular weight is 253 g/mol. The van der Waals surface area contributed by atoms with Crippen LogP contribution in [0.15, 0.2) is 18.2 Å². The first kappa shape index (κ1) is 13.9. The first-order valence-electron chi connectivity index (χ1n) is 5.38. The molecule has 0 aliphatic carbocycles. The van der Waals surface area contributed by atoms with Crippen molar-refractivity contribution in [1.82, 2.24) is 10.6 Å². The molecule has 1 amide bonds. The Hall–Kier alpha value is -2.15. The fourth-order valence-electron chi connectivity index (χ4n) is 1.33. The van der Waals surface area contributed by atoms with Crippen LogP contribution in [0.25, 0.3) is 0 Å². The van der Waals surface area contributed by atoms with Crippen LogP contribution in [0.1, 0.15) is 10.4 Å². The SMILES string of the molecule is CNCCOc1ccc(C(=O)NC)cc1[N+](=O)[O-]. The van der Waals surface area contributed by atoms with Gasteiger partial charge in [-0.2, -0.15) is 0 Å². The number of likely N-dealkylation sites (N-methyl/N-ethyl adjacent to an activating group) is 1. The largest absolute Gasteiger partial charge is 0.485 e. The van der Waals surface area contributed by atoms with Crippen molar-refractivity contribution in [2.45, 2.75) is 0 Å². The van der Waals surface area contributed by atoms with Gasteiger partial charge < -0.3 is 15.4 Å². The number of carbonyl (C=O) groups is 1. The smallest absolute Gasteiger partial charge is 0.311 e. The summed E-state index contributed by atoms with van der Waals surface area (Å²) >= 11 is 0. The molecule has 98 valence electrons. The Bertz CT molecular complexity index is 448. The fraction of sp³-hybridized carbons (Fsp3) is 0.364. The number of ether oxygens (including phenoxy) is 1. The van der Waals surface area contributed by atoms with Crippen molar-refractivity contribution in [3.8, 4) is 5.75 Å². The van der Waals surface area contributed by atoms with Crippen LogP contribution in [-0.4, -0.2) is 38.1 Å². The maximum atomic E-state index is 11.4. The summed E-state index contributed by atoms with van der Waals surface area (Å²) in [5.41, 5.74) is 0.0115. The van der Waals surface area contributed by atoms with E-state index in [-0.39, 0.29) is 22.9 Å². The molecule has 0 fully saturated rings. The van der Waals surface area contributed by atoms with Crippen LogP contribution in [0.2, 0.25) is 0 Å². The number of nitrogens with one attached hydrogen (secondary N) is 2. The number of hydrogen-bond donors (Lipinski definition) is 2. The highest BCUT2D eigenvalue weighted by molar-refractivity contribution is 5.94. The predicted octanol–water partition coefficient (Wildman–Crippen LogP) is 0.553. The van der Waals surface area contributed by atoms with Crippen LogP contribution in [0, 0.1) is 10.1 Å². The second-order valence-electron chi connectivity index (χ2n) is 3.47. The molecular weight excluding hydrogens is 238 g/mol. The third kappa shape index (κ3) is 3.42. The van der Waals surface area contributed by atoms with Gasteiger partial charge in [-0.15, -0.1) is 0 Å². The molecule has 0 radical (unpaired) electrons. The second-order valence-corrected chi connectivity index (χ2v) is 3.47. The van der Waals surface area contributed by atoms with Gasteiger partial charge in [0, 0.05) is 25.2 Å². The quantitative estimate of drug-likeness (QED) is 0.439. The van der Waals surface area contributed by atoms with Gasteiger partial charge >= 0.3 is 5.69 Å². The van der Waals surface area contributed by atoms with E-state index in [0.29, 0.717) is 13.2 Å². The van der Waals surface area contributed by atoms with Crippen LogP contribution < -0.4 is 15.4 Å². The molecule has 2 N–H and O–H groups in total. The molecule has 1 rings (SSSR count). The number of nitro benzene ring substituents is 1. The molecule has 7 heteroatoms. The van der Waals surface area contributed by atoms with E-state index in [2.05, 4.69) is 10.6 Å². The molecule has 0 heterocycles. The summed E-state index contributed by atoms with van der Waals surface area (Å²) in [6.45, 7) is 0.894. The number of nitrogens with zero attached hydrogens (tertiary/aromatic N) is 1. The molecule has 0 aliphatic rings. The standard InChI is InChI=1S/C11H15N3O4/c1-12-5-6-18-10-4-3-8(11(15)13-2)7-9(10)14(16)17/h3-4,7,12H,5-6H2,1-2H3,(H,13,15). The molecule has 0 atom stereocenters. The molecule has 0 aromatic heterocycles. The fourth-order valence-corrected chi connectivity index (χ4v) is 1.33. The van der Waals surface area contributed by atoms with Gasteiger partial charge in [-0.1, -0.05) is 0 Å². The molecule has 18 heavy (non-hydrogen) atoms. The van der Waals surface area contributed by atoms with Crippen molar-refractivity contribution >= 4 is 11.6 Å². The summed E-state index contributed by atoms with van der Waals surface area (Å²) < 4.78 is 5.27. The molecule has 1 aromatic rings. The summed E-state index contributed by atoms with van der Waals surface area (Å²) in [5, 5.41) is 16.2. The van der Waals surface area contributed by atoms with Crippen LogP contribution >= 0.6 is 0 Å². The van der Waals surface area contributed by atoms with E-state index in [9.17, 15) is 14.9 Å². The molecule has 1 aromatic carbocycles. The number of benzene rings is 1. The first-order chi connectivity index (χ1) is 8.60. The lowest BCUT2D eigenvalue weighted by Gasteiger charge is -2.07. The Morgan fingerprint density at radius 3 is 2.72 bits per heavy atom. The van der Waals surface area contributed by atoms with E-state index in [4.69, 9.17) is 4.74 Å². The van der Waals surface area contributed by atoms with E-state index in [1.165, 1.54) is 25.2 Å². The summed E-state index contributed by atoms with van der Waals surface area (Å²) in [6, 6.07) is 4.12. The Morgan fingerprint density at radius 1 is 1.44 bits per heavy atom. The maximum absolute atomic E-state index is 11.4. The third-order valence-electron chi connectivity index (χ3n) is 2.25. The van der Waals surface area contributed by atoms with Gasteiger partial charge in [-0.25, -0.2) is 0 Å². The maximum Gasteiger partial charge on any atom is 0.311 e. The Labute approximate surface area is 104 Å². The molecule has 0 unspecified atom stereocenters.